The van der Waals surface area contributed by atoms with Crippen LogP contribution >= 0.6 is 11.6 Å². The van der Waals surface area contributed by atoms with Gasteiger partial charge in [-0.3, -0.25) is 0 Å². The Bertz CT molecular complexity index is 625. The standard InChI is InChI=1S/C16H18ClNO2/c1-3-5-6-11-7-8-14-12(9-11)13(17)10-15(18-14)16(19)20-4-2/h7-10H,3-6H2,1-2H3. The van der Waals surface area contributed by atoms with Crippen LogP contribution in [0.4, 0.5) is 0 Å². The van der Waals surface area contributed by atoms with Crippen LogP contribution in [0.3, 0.4) is 0 Å². The summed E-state index contributed by atoms with van der Waals surface area (Å²) in [6.45, 7) is 4.26. The number of unbranched alkanes of at least 4 members (excludes halogenated alkanes) is 1. The Labute approximate surface area is 123 Å². The second-order valence-electron chi connectivity index (χ2n) is 4.66. The number of carbonyl (C=O) groups excluding carboxylic acids is 1. The van der Waals surface area contributed by atoms with Gasteiger partial charge in [0.15, 0.2) is 5.69 Å². The quantitative estimate of drug-likeness (QED) is 0.766. The van der Waals surface area contributed by atoms with Crippen molar-refractivity contribution in [3.05, 3.63) is 40.5 Å². The minimum absolute atomic E-state index is 0.255. The molecule has 0 unspecified atom stereocenters. The normalized spacial score (nSPS) is 10.8. The number of ether oxygens (including phenoxy) is 1. The van der Waals surface area contributed by atoms with Gasteiger partial charge in [-0.2, -0.15) is 0 Å². The van der Waals surface area contributed by atoms with Crippen molar-refractivity contribution >= 4 is 28.5 Å². The summed E-state index contributed by atoms with van der Waals surface area (Å²) in [5.74, 6) is -0.439. The fraction of sp³-hybridized carbons (Fsp3) is 0.375. The molecule has 3 nitrogen and oxygen atoms in total. The molecule has 2 aromatic rings. The lowest BCUT2D eigenvalue weighted by Gasteiger charge is -2.07. The molecule has 0 bridgehead atoms. The highest BCUT2D eigenvalue weighted by Crippen LogP contribution is 2.25. The molecule has 1 heterocycles. The minimum atomic E-state index is -0.439. The largest absolute Gasteiger partial charge is 0.461 e. The monoisotopic (exact) mass is 291 g/mol. The van der Waals surface area contributed by atoms with Crippen molar-refractivity contribution in [2.24, 2.45) is 0 Å². The van der Waals surface area contributed by atoms with Crippen LogP contribution in [-0.4, -0.2) is 17.6 Å². The first-order valence-electron chi connectivity index (χ1n) is 6.92. The maximum atomic E-state index is 11.7. The van der Waals surface area contributed by atoms with E-state index >= 15 is 0 Å². The Hall–Kier alpha value is -1.61. The van der Waals surface area contributed by atoms with E-state index in [-0.39, 0.29) is 5.69 Å². The summed E-state index contributed by atoms with van der Waals surface area (Å²) in [7, 11) is 0. The average molecular weight is 292 g/mol. The summed E-state index contributed by atoms with van der Waals surface area (Å²) in [5.41, 5.74) is 2.22. The SMILES string of the molecule is CCCCc1ccc2nc(C(=O)OCC)cc(Cl)c2c1. The van der Waals surface area contributed by atoms with E-state index in [0.29, 0.717) is 11.6 Å². The molecule has 0 fully saturated rings. The first kappa shape index (κ1) is 14.8. The molecule has 1 aromatic heterocycles. The fourth-order valence-electron chi connectivity index (χ4n) is 2.08. The van der Waals surface area contributed by atoms with Gasteiger partial charge in [0.05, 0.1) is 17.1 Å². The molecule has 0 radical (unpaired) electrons. The maximum Gasteiger partial charge on any atom is 0.356 e. The van der Waals surface area contributed by atoms with Gasteiger partial charge in [-0.25, -0.2) is 9.78 Å². The van der Waals surface area contributed by atoms with E-state index in [1.807, 2.05) is 12.1 Å². The third-order valence-electron chi connectivity index (χ3n) is 3.13. The summed E-state index contributed by atoms with van der Waals surface area (Å²) in [6, 6.07) is 7.58. The lowest BCUT2D eigenvalue weighted by molar-refractivity contribution is 0.0520. The highest BCUT2D eigenvalue weighted by molar-refractivity contribution is 6.35. The van der Waals surface area contributed by atoms with Gasteiger partial charge in [-0.15, -0.1) is 0 Å². The summed E-state index contributed by atoms with van der Waals surface area (Å²) in [6.07, 6.45) is 3.34. The third-order valence-corrected chi connectivity index (χ3v) is 3.44. The van der Waals surface area contributed by atoms with E-state index in [2.05, 4.69) is 18.0 Å². The van der Waals surface area contributed by atoms with Crippen LogP contribution < -0.4 is 0 Å². The molecule has 20 heavy (non-hydrogen) atoms. The van der Waals surface area contributed by atoms with E-state index < -0.39 is 5.97 Å². The van der Waals surface area contributed by atoms with E-state index in [1.54, 1.807) is 13.0 Å². The molecule has 4 heteroatoms. The second kappa shape index (κ2) is 6.71. The van der Waals surface area contributed by atoms with Crippen LogP contribution in [0.2, 0.25) is 5.02 Å². The number of halogens is 1. The van der Waals surface area contributed by atoms with Crippen molar-refractivity contribution in [2.45, 2.75) is 33.1 Å². The average Bonchev–Trinajstić information content (AvgIpc) is 2.45. The number of pyridine rings is 1. The molecule has 0 atom stereocenters. The van der Waals surface area contributed by atoms with E-state index in [9.17, 15) is 4.79 Å². The van der Waals surface area contributed by atoms with Gasteiger partial charge in [0.25, 0.3) is 0 Å². The molecule has 0 aliphatic rings. The number of fused-ring (bicyclic) bond motifs is 1. The third kappa shape index (κ3) is 3.28. The Balaban J connectivity index is 2.39. The topological polar surface area (TPSA) is 39.2 Å². The molecule has 2 rings (SSSR count). The number of aromatic nitrogens is 1. The molecular formula is C16H18ClNO2. The number of carbonyl (C=O) groups is 1. The Morgan fingerprint density at radius 2 is 2.10 bits per heavy atom. The van der Waals surface area contributed by atoms with Crippen LogP contribution in [0.5, 0.6) is 0 Å². The summed E-state index contributed by atoms with van der Waals surface area (Å²) < 4.78 is 4.95. The molecule has 0 N–H and O–H groups in total. The van der Waals surface area contributed by atoms with Crippen molar-refractivity contribution in [2.75, 3.05) is 6.61 Å². The molecule has 0 spiro atoms. The summed E-state index contributed by atoms with van der Waals surface area (Å²) in [5, 5.41) is 1.42. The van der Waals surface area contributed by atoms with Gasteiger partial charge >= 0.3 is 5.97 Å². The molecule has 0 saturated heterocycles. The van der Waals surface area contributed by atoms with Crippen LogP contribution in [-0.2, 0) is 11.2 Å². The Morgan fingerprint density at radius 3 is 2.80 bits per heavy atom. The number of hydrogen-bond acceptors (Lipinski definition) is 3. The zero-order chi connectivity index (χ0) is 14.5. The minimum Gasteiger partial charge on any atom is -0.461 e. The predicted octanol–water partition coefficient (Wildman–Crippen LogP) is 4.41. The van der Waals surface area contributed by atoms with Crippen molar-refractivity contribution in [1.29, 1.82) is 0 Å². The second-order valence-corrected chi connectivity index (χ2v) is 5.07. The van der Waals surface area contributed by atoms with Crippen molar-refractivity contribution < 1.29 is 9.53 Å². The number of esters is 1. The van der Waals surface area contributed by atoms with Crippen LogP contribution in [0.25, 0.3) is 10.9 Å². The zero-order valence-electron chi connectivity index (χ0n) is 11.8. The number of benzene rings is 1. The van der Waals surface area contributed by atoms with Gasteiger partial charge in [0.1, 0.15) is 0 Å². The number of rotatable bonds is 5. The van der Waals surface area contributed by atoms with E-state index in [0.717, 1.165) is 30.2 Å². The molecule has 1 aromatic carbocycles. The smallest absolute Gasteiger partial charge is 0.356 e. The number of hydrogen-bond donors (Lipinski definition) is 0. The molecule has 0 aliphatic heterocycles. The van der Waals surface area contributed by atoms with Crippen LogP contribution in [0.1, 0.15) is 42.7 Å². The van der Waals surface area contributed by atoms with Gasteiger partial charge in [-0.1, -0.05) is 31.0 Å². The fourth-order valence-corrected chi connectivity index (χ4v) is 2.33. The molecule has 0 amide bonds. The number of aryl methyl sites for hydroxylation is 1. The highest BCUT2D eigenvalue weighted by atomic mass is 35.5. The molecule has 0 aliphatic carbocycles. The van der Waals surface area contributed by atoms with Crippen LogP contribution in [0, 0.1) is 0 Å². The zero-order valence-corrected chi connectivity index (χ0v) is 12.5. The van der Waals surface area contributed by atoms with Crippen molar-refractivity contribution in [1.82, 2.24) is 4.98 Å². The Kier molecular flexibility index (Phi) is 4.96. The lowest BCUT2D eigenvalue weighted by Crippen LogP contribution is -2.07. The maximum absolute atomic E-state index is 11.7. The van der Waals surface area contributed by atoms with E-state index in [1.165, 1.54) is 5.56 Å². The van der Waals surface area contributed by atoms with Gasteiger partial charge in [0.2, 0.25) is 0 Å². The predicted molar refractivity (Wildman–Crippen MR) is 81.3 cm³/mol. The van der Waals surface area contributed by atoms with Gasteiger partial charge in [-0.05, 0) is 43.5 Å². The summed E-state index contributed by atoms with van der Waals surface area (Å²) in [4.78, 5) is 16.0. The molecule has 0 saturated carbocycles. The number of nitrogens with zero attached hydrogens (tertiary/aromatic N) is 1. The van der Waals surface area contributed by atoms with Crippen molar-refractivity contribution in [3.8, 4) is 0 Å². The van der Waals surface area contributed by atoms with Gasteiger partial charge in [0, 0.05) is 5.39 Å². The first-order chi connectivity index (χ1) is 9.65. The lowest BCUT2D eigenvalue weighted by atomic mass is 10.1. The van der Waals surface area contributed by atoms with E-state index in [4.69, 9.17) is 16.3 Å². The first-order valence-corrected chi connectivity index (χ1v) is 7.29. The van der Waals surface area contributed by atoms with Gasteiger partial charge < -0.3 is 4.74 Å². The molecule has 106 valence electrons. The highest BCUT2D eigenvalue weighted by Gasteiger charge is 2.12. The van der Waals surface area contributed by atoms with Crippen LogP contribution in [0.15, 0.2) is 24.3 Å². The van der Waals surface area contributed by atoms with Crippen molar-refractivity contribution in [3.63, 3.8) is 0 Å². The molecular weight excluding hydrogens is 274 g/mol. The summed E-state index contributed by atoms with van der Waals surface area (Å²) >= 11 is 6.26. The Morgan fingerprint density at radius 1 is 1.30 bits per heavy atom.